The topological polar surface area (TPSA) is 236 Å². The molecule has 1 aromatic carbocycles. The third-order valence-electron chi connectivity index (χ3n) is 9.61. The van der Waals surface area contributed by atoms with Crippen molar-refractivity contribution in [2.24, 2.45) is 11.8 Å². The number of hydrogen-bond donors (Lipinski definition) is 2. The van der Waals surface area contributed by atoms with E-state index in [0.29, 0.717) is 17.9 Å². The monoisotopic (exact) mass is 797 g/mol. The number of aliphatic hydroxyl groups is 1. The maximum absolute atomic E-state index is 12.7. The van der Waals surface area contributed by atoms with Crippen LogP contribution in [0.3, 0.4) is 0 Å². The van der Waals surface area contributed by atoms with Crippen molar-refractivity contribution in [3.63, 3.8) is 0 Å². The highest BCUT2D eigenvalue weighted by Gasteiger charge is 2.66. The van der Waals surface area contributed by atoms with E-state index in [2.05, 4.69) is 5.32 Å². The predicted octanol–water partition coefficient (Wildman–Crippen LogP) is 0.523. The average Bonchev–Trinajstić information content (AvgIpc) is 3.35. The summed E-state index contributed by atoms with van der Waals surface area (Å²) in [6.07, 6.45) is -9.32. The molecule has 19 heteroatoms. The number of methoxy groups -OCH3 is 2. The molecular weight excluding hydrogens is 746 g/mol. The number of carbonyl (C=O) groups excluding carboxylic acids is 6. The third kappa shape index (κ3) is 10.8. The molecule has 0 bridgehead atoms. The fourth-order valence-electron chi connectivity index (χ4n) is 7.53. The maximum atomic E-state index is 12.7. The number of esters is 6. The second-order valence-corrected chi connectivity index (χ2v) is 13.6. The van der Waals surface area contributed by atoms with Crippen LogP contribution in [0.1, 0.15) is 53.5 Å². The molecule has 0 radical (unpaired) electrons. The molecule has 2 N–H and O–H groups in total. The molecule has 11 atom stereocenters. The number of fused-ring (bicyclic) bond motifs is 1. The molecule has 0 amide bonds. The summed E-state index contributed by atoms with van der Waals surface area (Å²) < 4.78 is 62.4. The number of benzene rings is 1. The van der Waals surface area contributed by atoms with Gasteiger partial charge in [-0.1, -0.05) is 6.07 Å². The quantitative estimate of drug-likeness (QED) is 0.171. The molecule has 3 aliphatic rings. The van der Waals surface area contributed by atoms with Gasteiger partial charge in [0.2, 0.25) is 6.29 Å². The average molecular weight is 798 g/mol. The molecule has 56 heavy (non-hydrogen) atoms. The molecule has 3 unspecified atom stereocenters. The van der Waals surface area contributed by atoms with E-state index in [4.69, 9.17) is 52.1 Å². The molecule has 1 aliphatic carbocycles. The van der Waals surface area contributed by atoms with Crippen molar-refractivity contribution >= 4 is 35.8 Å². The molecular formula is C37H51NO18. The summed E-state index contributed by atoms with van der Waals surface area (Å²) in [4.78, 5) is 73.6. The van der Waals surface area contributed by atoms with E-state index in [0.717, 1.165) is 33.3 Å². The Kier molecular flexibility index (Phi) is 15.4. The Labute approximate surface area is 323 Å². The number of nitrogens with one attached hydrogen (secondary N) is 1. The Bertz CT molecular complexity index is 1590. The van der Waals surface area contributed by atoms with Crippen LogP contribution in [-0.2, 0) is 77.8 Å². The molecule has 3 fully saturated rings. The Morgan fingerprint density at radius 2 is 1.34 bits per heavy atom. The second kappa shape index (κ2) is 19.5. The molecule has 0 spiro atoms. The van der Waals surface area contributed by atoms with Gasteiger partial charge in [-0.2, -0.15) is 0 Å². The summed E-state index contributed by atoms with van der Waals surface area (Å²) >= 11 is 0. The van der Waals surface area contributed by atoms with Gasteiger partial charge < -0.3 is 62.5 Å². The molecule has 19 nitrogen and oxygen atoms in total. The molecule has 1 aromatic rings. The summed E-state index contributed by atoms with van der Waals surface area (Å²) in [5, 5.41) is 16.0. The number of hydrogen-bond acceptors (Lipinski definition) is 19. The summed E-state index contributed by atoms with van der Waals surface area (Å²) in [5.74, 6) is -5.28. The fourth-order valence-corrected chi connectivity index (χ4v) is 7.53. The van der Waals surface area contributed by atoms with Crippen LogP contribution >= 0.6 is 0 Å². The third-order valence-corrected chi connectivity index (χ3v) is 9.61. The van der Waals surface area contributed by atoms with Crippen LogP contribution in [-0.4, -0.2) is 136 Å². The Balaban J connectivity index is 1.73. The van der Waals surface area contributed by atoms with E-state index >= 15 is 0 Å². The Morgan fingerprint density at radius 3 is 1.93 bits per heavy atom. The van der Waals surface area contributed by atoms with Gasteiger partial charge in [-0.3, -0.25) is 28.8 Å². The lowest BCUT2D eigenvalue weighted by Crippen LogP contribution is -2.65. The van der Waals surface area contributed by atoms with E-state index in [1.807, 2.05) is 6.07 Å². The van der Waals surface area contributed by atoms with Crippen molar-refractivity contribution < 1.29 is 86.0 Å². The summed E-state index contributed by atoms with van der Waals surface area (Å²) in [7, 11) is 3.04. The van der Waals surface area contributed by atoms with Crippen molar-refractivity contribution in [2.75, 3.05) is 40.6 Å². The van der Waals surface area contributed by atoms with Gasteiger partial charge in [0.25, 0.3) is 0 Å². The van der Waals surface area contributed by atoms with Gasteiger partial charge in [-0.25, -0.2) is 0 Å². The van der Waals surface area contributed by atoms with Gasteiger partial charge in [-0.05, 0) is 37.1 Å². The van der Waals surface area contributed by atoms with E-state index in [9.17, 15) is 33.9 Å². The first-order valence-corrected chi connectivity index (χ1v) is 18.0. The van der Waals surface area contributed by atoms with Gasteiger partial charge in [0.15, 0.2) is 36.1 Å². The van der Waals surface area contributed by atoms with Crippen molar-refractivity contribution in [3.05, 3.63) is 23.8 Å². The normalized spacial score (nSPS) is 30.9. The molecule has 2 saturated heterocycles. The predicted molar refractivity (Wildman–Crippen MR) is 187 cm³/mol. The van der Waals surface area contributed by atoms with Crippen molar-refractivity contribution in [1.82, 2.24) is 5.32 Å². The molecule has 4 rings (SSSR count). The van der Waals surface area contributed by atoms with Gasteiger partial charge in [0, 0.05) is 47.5 Å². The lowest BCUT2D eigenvalue weighted by atomic mass is 9.81. The first-order chi connectivity index (χ1) is 26.5. The zero-order valence-electron chi connectivity index (χ0n) is 32.6. The summed E-state index contributed by atoms with van der Waals surface area (Å²) in [5.41, 5.74) is -1.18. The number of rotatable bonds is 16. The lowest BCUT2D eigenvalue weighted by Gasteiger charge is -2.47. The van der Waals surface area contributed by atoms with Crippen molar-refractivity contribution in [1.29, 1.82) is 0 Å². The van der Waals surface area contributed by atoms with Crippen LogP contribution in [0, 0.1) is 11.8 Å². The van der Waals surface area contributed by atoms with E-state index in [1.165, 1.54) is 28.1 Å². The molecule has 1 saturated carbocycles. The first-order valence-electron chi connectivity index (χ1n) is 18.0. The molecule has 2 heterocycles. The zero-order chi connectivity index (χ0) is 41.3. The van der Waals surface area contributed by atoms with Crippen LogP contribution < -0.4 is 14.8 Å². The first kappa shape index (κ1) is 44.2. The largest absolute Gasteiger partial charge is 0.493 e. The van der Waals surface area contributed by atoms with Crippen molar-refractivity contribution in [2.45, 2.75) is 109 Å². The number of ether oxygens (including phenoxy) is 11. The van der Waals surface area contributed by atoms with E-state index < -0.39 is 116 Å². The minimum absolute atomic E-state index is 0.0247. The van der Waals surface area contributed by atoms with Crippen LogP contribution in [0.15, 0.2) is 18.2 Å². The highest BCUT2D eigenvalue weighted by Crippen LogP contribution is 2.50. The second-order valence-electron chi connectivity index (χ2n) is 13.6. The van der Waals surface area contributed by atoms with Crippen LogP contribution in [0.5, 0.6) is 11.5 Å². The van der Waals surface area contributed by atoms with Crippen LogP contribution in [0.2, 0.25) is 0 Å². The molecule has 0 aromatic heterocycles. The van der Waals surface area contributed by atoms with E-state index in [1.54, 1.807) is 12.1 Å². The van der Waals surface area contributed by atoms with Gasteiger partial charge >= 0.3 is 35.8 Å². The molecule has 2 aliphatic heterocycles. The summed E-state index contributed by atoms with van der Waals surface area (Å²) in [6, 6.07) is 4.35. The smallest absolute Gasteiger partial charge is 0.303 e. The highest BCUT2D eigenvalue weighted by molar-refractivity contribution is 5.69. The minimum atomic E-state index is -2.03. The molecule has 312 valence electrons. The standard InChI is InChI=1S/C37H51NO18/c1-18(39)49-16-28-31(52-21(4)42)32(53-22(5)43)33(54-23(6)44)36(55-28)56-35-29-25(12-14-48-35)30(51-20(3)41)34(37(29,45)17-50-19(2)40)38-13-11-24-9-10-26(46-7)27(15-24)47-8/h9-10,15,25,28-36,38,45H,11-14,16-17H2,1-8H3/t25-,28-,29-,30+,31-,32+,33-,34?,35?,36+,37?/m1/s1. The zero-order valence-corrected chi connectivity index (χ0v) is 32.6. The lowest BCUT2D eigenvalue weighted by molar-refractivity contribution is -0.360. The van der Waals surface area contributed by atoms with Crippen molar-refractivity contribution in [3.8, 4) is 11.5 Å². The maximum Gasteiger partial charge on any atom is 0.303 e. The minimum Gasteiger partial charge on any atom is -0.493 e. The SMILES string of the molecule is COc1ccc(CCNC2[C@@H](OC(C)=O)[C@@H]3CCOC(O[C@@H]4O[C@H](COC(C)=O)[C@@H](OC(C)=O)[C@H](OC(C)=O)[C@H]4OC(C)=O)[C@@H]3C2(O)COC(C)=O)cc1OC. The Hall–Kier alpha value is -4.56. The fraction of sp³-hybridized carbons (Fsp3) is 0.676. The highest BCUT2D eigenvalue weighted by atomic mass is 16.8. The van der Waals surface area contributed by atoms with E-state index in [-0.39, 0.29) is 19.6 Å². The summed E-state index contributed by atoms with van der Waals surface area (Å²) in [6.45, 7) is 5.96. The van der Waals surface area contributed by atoms with Gasteiger partial charge in [0.05, 0.1) is 32.8 Å². The van der Waals surface area contributed by atoms with Gasteiger partial charge in [0.1, 0.15) is 31.0 Å². The Morgan fingerprint density at radius 1 is 0.750 bits per heavy atom. The van der Waals surface area contributed by atoms with Crippen LogP contribution in [0.25, 0.3) is 0 Å². The van der Waals surface area contributed by atoms with Gasteiger partial charge in [-0.15, -0.1) is 0 Å². The van der Waals surface area contributed by atoms with Crippen LogP contribution in [0.4, 0.5) is 0 Å². The number of carbonyl (C=O) groups is 6.